The molecule has 0 aliphatic carbocycles. The number of anilines is 1. The average Bonchev–Trinajstić information content (AvgIpc) is 2.30. The quantitative estimate of drug-likeness (QED) is 0.659. The molecule has 4 N–H and O–H groups in total. The van der Waals surface area contributed by atoms with E-state index < -0.39 is 33.2 Å². The summed E-state index contributed by atoms with van der Waals surface area (Å²) >= 11 is 0. The predicted octanol–water partition coefficient (Wildman–Crippen LogP) is -0.259. The molecule has 1 aromatic rings. The summed E-state index contributed by atoms with van der Waals surface area (Å²) in [4.78, 5) is 10.4. The molecule has 0 unspecified atom stereocenters. The van der Waals surface area contributed by atoms with E-state index in [4.69, 9.17) is 5.73 Å². The number of hydrogen-bond acceptors (Lipinski definition) is 4. The monoisotopic (exact) mass is 275 g/mol. The Labute approximate surface area is 104 Å². The lowest BCUT2D eigenvalue weighted by atomic mass is 10.2. The van der Waals surface area contributed by atoms with Gasteiger partial charge < -0.3 is 11.1 Å². The van der Waals surface area contributed by atoms with Gasteiger partial charge >= 0.3 is 0 Å². The molecule has 18 heavy (non-hydrogen) atoms. The van der Waals surface area contributed by atoms with E-state index in [1.54, 1.807) is 0 Å². The molecule has 1 aromatic carbocycles. The molecule has 0 spiro atoms. The Balaban J connectivity index is 3.09. The van der Waals surface area contributed by atoms with Gasteiger partial charge in [0.2, 0.25) is 15.9 Å². The first-order chi connectivity index (χ1) is 8.27. The summed E-state index contributed by atoms with van der Waals surface area (Å²) in [5, 5.41) is 2.24. The molecule has 0 aliphatic rings. The largest absolute Gasteiger partial charge is 0.399 e. The van der Waals surface area contributed by atoms with Crippen LogP contribution in [0.25, 0.3) is 0 Å². The van der Waals surface area contributed by atoms with Crippen molar-refractivity contribution in [3.63, 3.8) is 0 Å². The van der Waals surface area contributed by atoms with Crippen molar-refractivity contribution >= 4 is 21.6 Å². The first-order valence-corrected chi connectivity index (χ1v) is 6.52. The van der Waals surface area contributed by atoms with Crippen LogP contribution in [0.5, 0.6) is 0 Å². The van der Waals surface area contributed by atoms with Crippen LogP contribution in [-0.2, 0) is 14.8 Å². The Morgan fingerprint density at radius 2 is 2.06 bits per heavy atom. The number of carbonyl (C=O) groups is 1. The number of halogens is 1. The number of nitrogens with one attached hydrogen (secondary N) is 2. The van der Waals surface area contributed by atoms with Gasteiger partial charge in [-0.1, -0.05) is 0 Å². The van der Waals surface area contributed by atoms with E-state index in [-0.39, 0.29) is 11.3 Å². The topological polar surface area (TPSA) is 101 Å². The Kier molecular flexibility index (Phi) is 4.25. The van der Waals surface area contributed by atoms with Crippen LogP contribution in [0.2, 0.25) is 0 Å². The van der Waals surface area contributed by atoms with Gasteiger partial charge in [-0.2, -0.15) is 0 Å². The highest BCUT2D eigenvalue weighted by Gasteiger charge is 2.21. The molecule has 0 aromatic heterocycles. The maximum absolute atomic E-state index is 13.7. The zero-order valence-corrected chi connectivity index (χ0v) is 10.8. The maximum Gasteiger partial charge on any atom is 0.244 e. The van der Waals surface area contributed by atoms with Crippen molar-refractivity contribution < 1.29 is 17.6 Å². The zero-order valence-electron chi connectivity index (χ0n) is 9.95. The fraction of sp³-hybridized carbons (Fsp3) is 0.300. The standard InChI is InChI=1S/C10H14FN3O3S/c1-6-3-7(12)4-8(10(6)11)18(16,17)14-5-9(15)13-2/h3-4,14H,5,12H2,1-2H3,(H,13,15). The van der Waals surface area contributed by atoms with Gasteiger partial charge in [0.05, 0.1) is 6.54 Å². The Morgan fingerprint density at radius 3 is 2.61 bits per heavy atom. The van der Waals surface area contributed by atoms with Crippen molar-refractivity contribution in [2.24, 2.45) is 0 Å². The van der Waals surface area contributed by atoms with Crippen LogP contribution in [0.15, 0.2) is 17.0 Å². The van der Waals surface area contributed by atoms with E-state index in [0.717, 1.165) is 6.07 Å². The number of sulfonamides is 1. The molecule has 0 radical (unpaired) electrons. The number of hydrogen-bond donors (Lipinski definition) is 3. The lowest BCUT2D eigenvalue weighted by Gasteiger charge is -2.09. The number of rotatable bonds is 4. The van der Waals surface area contributed by atoms with Crippen molar-refractivity contribution in [1.29, 1.82) is 0 Å². The highest BCUT2D eigenvalue weighted by atomic mass is 32.2. The second kappa shape index (κ2) is 5.32. The third-order valence-corrected chi connectivity index (χ3v) is 3.64. The Bertz CT molecular complexity index is 572. The van der Waals surface area contributed by atoms with E-state index in [9.17, 15) is 17.6 Å². The van der Waals surface area contributed by atoms with Crippen LogP contribution < -0.4 is 15.8 Å². The summed E-state index contributed by atoms with van der Waals surface area (Å²) < 4.78 is 39.3. The number of aryl methyl sites for hydroxylation is 1. The first-order valence-electron chi connectivity index (χ1n) is 5.04. The lowest BCUT2D eigenvalue weighted by molar-refractivity contribution is -0.119. The summed E-state index contributed by atoms with van der Waals surface area (Å²) in [6.07, 6.45) is 0. The lowest BCUT2D eigenvalue weighted by Crippen LogP contribution is -2.35. The van der Waals surface area contributed by atoms with Gasteiger partial charge in [-0.3, -0.25) is 4.79 Å². The van der Waals surface area contributed by atoms with Crippen LogP contribution >= 0.6 is 0 Å². The Morgan fingerprint density at radius 1 is 1.44 bits per heavy atom. The molecule has 0 bridgehead atoms. The highest BCUT2D eigenvalue weighted by Crippen LogP contribution is 2.21. The number of likely N-dealkylation sites (N-methyl/N-ethyl adjacent to an activating group) is 1. The molecular weight excluding hydrogens is 261 g/mol. The minimum atomic E-state index is -4.11. The van der Waals surface area contributed by atoms with Gasteiger partial charge in [0.1, 0.15) is 10.7 Å². The van der Waals surface area contributed by atoms with Crippen molar-refractivity contribution in [2.45, 2.75) is 11.8 Å². The average molecular weight is 275 g/mol. The third kappa shape index (κ3) is 3.17. The predicted molar refractivity (Wildman–Crippen MR) is 64.8 cm³/mol. The van der Waals surface area contributed by atoms with Crippen LogP contribution in [0, 0.1) is 12.7 Å². The van der Waals surface area contributed by atoms with E-state index in [1.165, 1.54) is 20.0 Å². The number of carbonyl (C=O) groups excluding carboxylic acids is 1. The number of nitrogens with two attached hydrogens (primary N) is 1. The fourth-order valence-electron chi connectivity index (χ4n) is 1.29. The Hall–Kier alpha value is -1.67. The highest BCUT2D eigenvalue weighted by molar-refractivity contribution is 7.89. The van der Waals surface area contributed by atoms with Crippen molar-refractivity contribution in [1.82, 2.24) is 10.0 Å². The van der Waals surface area contributed by atoms with Crippen molar-refractivity contribution in [3.8, 4) is 0 Å². The molecule has 6 nitrogen and oxygen atoms in total. The summed E-state index contributed by atoms with van der Waals surface area (Å²) in [5.74, 6) is -1.41. The molecule has 8 heteroatoms. The van der Waals surface area contributed by atoms with Crippen LogP contribution in [0.1, 0.15) is 5.56 Å². The summed E-state index contributed by atoms with van der Waals surface area (Å²) in [6, 6.07) is 2.33. The SMILES string of the molecule is CNC(=O)CNS(=O)(=O)c1cc(N)cc(C)c1F. The second-order valence-corrected chi connectivity index (χ2v) is 5.38. The molecular formula is C10H14FN3O3S. The van der Waals surface area contributed by atoms with Gasteiger partial charge in [0.15, 0.2) is 0 Å². The normalized spacial score (nSPS) is 11.3. The molecule has 0 saturated carbocycles. The molecule has 0 aliphatic heterocycles. The molecule has 1 amide bonds. The smallest absolute Gasteiger partial charge is 0.244 e. The molecule has 0 heterocycles. The molecule has 100 valence electrons. The molecule has 0 atom stereocenters. The number of amides is 1. The van der Waals surface area contributed by atoms with Gasteiger partial charge in [-0.15, -0.1) is 0 Å². The van der Waals surface area contributed by atoms with Gasteiger partial charge in [0, 0.05) is 12.7 Å². The minimum absolute atomic E-state index is 0.121. The zero-order chi connectivity index (χ0) is 13.9. The van der Waals surface area contributed by atoms with E-state index >= 15 is 0 Å². The van der Waals surface area contributed by atoms with Crippen LogP contribution in [0.3, 0.4) is 0 Å². The minimum Gasteiger partial charge on any atom is -0.399 e. The molecule has 0 fully saturated rings. The molecule has 1 rings (SSSR count). The maximum atomic E-state index is 13.7. The summed E-state index contributed by atoms with van der Waals surface area (Å²) in [7, 11) is -2.74. The van der Waals surface area contributed by atoms with E-state index in [0.29, 0.717) is 0 Å². The summed E-state index contributed by atoms with van der Waals surface area (Å²) in [6.45, 7) is 0.940. The van der Waals surface area contributed by atoms with Crippen LogP contribution in [-0.4, -0.2) is 27.9 Å². The third-order valence-electron chi connectivity index (χ3n) is 2.23. The fourth-order valence-corrected chi connectivity index (χ4v) is 2.45. The van der Waals surface area contributed by atoms with Crippen molar-refractivity contribution in [2.75, 3.05) is 19.3 Å². The second-order valence-electron chi connectivity index (χ2n) is 3.65. The van der Waals surface area contributed by atoms with E-state index in [1.807, 2.05) is 4.72 Å². The molecule has 0 saturated heterocycles. The van der Waals surface area contributed by atoms with Crippen LogP contribution in [0.4, 0.5) is 10.1 Å². The number of nitrogen functional groups attached to an aromatic ring is 1. The number of benzene rings is 1. The van der Waals surface area contributed by atoms with Crippen molar-refractivity contribution in [3.05, 3.63) is 23.5 Å². The first kappa shape index (κ1) is 14.4. The van der Waals surface area contributed by atoms with Gasteiger partial charge in [-0.05, 0) is 24.6 Å². The summed E-state index contributed by atoms with van der Waals surface area (Å²) in [5.41, 5.74) is 5.72. The van der Waals surface area contributed by atoms with E-state index in [2.05, 4.69) is 5.32 Å². The van der Waals surface area contributed by atoms with Gasteiger partial charge in [-0.25, -0.2) is 17.5 Å². The van der Waals surface area contributed by atoms with Gasteiger partial charge in [0.25, 0.3) is 0 Å².